The van der Waals surface area contributed by atoms with Crippen LogP contribution in [0.15, 0.2) is 11.1 Å². The van der Waals surface area contributed by atoms with Crippen molar-refractivity contribution in [3.63, 3.8) is 0 Å². The van der Waals surface area contributed by atoms with Gasteiger partial charge in [-0.15, -0.1) is 0 Å². The molecule has 0 spiro atoms. The van der Waals surface area contributed by atoms with Gasteiger partial charge in [0, 0.05) is 6.61 Å². The molecule has 0 aliphatic rings. The van der Waals surface area contributed by atoms with Gasteiger partial charge in [-0.05, 0) is 26.7 Å². The van der Waals surface area contributed by atoms with Crippen molar-refractivity contribution in [2.45, 2.75) is 46.3 Å². The third-order valence-corrected chi connectivity index (χ3v) is 6.01. The molecule has 0 aliphatic heterocycles. The van der Waals surface area contributed by atoms with E-state index in [0.29, 0.717) is 31.6 Å². The van der Waals surface area contributed by atoms with Crippen LogP contribution in [0.3, 0.4) is 0 Å². The number of aromatic nitrogens is 4. The average Bonchev–Trinajstić information content (AvgIpc) is 3.01. The molecular formula is C16H28N5O5P. The van der Waals surface area contributed by atoms with E-state index >= 15 is 0 Å². The van der Waals surface area contributed by atoms with E-state index in [9.17, 15) is 9.36 Å². The van der Waals surface area contributed by atoms with Gasteiger partial charge in [0.1, 0.15) is 6.73 Å². The third-order valence-electron chi connectivity index (χ3n) is 3.85. The highest BCUT2D eigenvalue weighted by Crippen LogP contribution is 2.48. The van der Waals surface area contributed by atoms with Crippen LogP contribution in [0.2, 0.25) is 0 Å². The van der Waals surface area contributed by atoms with Gasteiger partial charge in [-0.3, -0.25) is 18.9 Å². The number of nitrogen functional groups attached to an aromatic ring is 1. The monoisotopic (exact) mass is 401 g/mol. The minimum absolute atomic E-state index is 0.0469. The molecule has 2 rings (SSSR count). The molecule has 2 heterocycles. The van der Waals surface area contributed by atoms with Gasteiger partial charge in [-0.2, -0.15) is 4.98 Å². The van der Waals surface area contributed by atoms with Gasteiger partial charge in [0.05, 0.1) is 25.7 Å². The lowest BCUT2D eigenvalue weighted by Gasteiger charge is -2.16. The van der Waals surface area contributed by atoms with Crippen LogP contribution in [-0.2, 0) is 25.1 Å². The zero-order valence-electron chi connectivity index (χ0n) is 15.8. The Bertz CT molecular complexity index is 811. The van der Waals surface area contributed by atoms with Crippen molar-refractivity contribution in [3.05, 3.63) is 16.7 Å². The number of hydrogen-bond acceptors (Lipinski definition) is 8. The van der Waals surface area contributed by atoms with Crippen LogP contribution in [0, 0.1) is 0 Å². The topological polar surface area (TPSA) is 134 Å². The van der Waals surface area contributed by atoms with Crippen molar-refractivity contribution in [1.82, 2.24) is 19.5 Å². The maximum absolute atomic E-state index is 12.3. The van der Waals surface area contributed by atoms with Gasteiger partial charge in [0.15, 0.2) is 11.2 Å². The predicted molar refractivity (Wildman–Crippen MR) is 103 cm³/mol. The van der Waals surface area contributed by atoms with Crippen LogP contribution in [0.1, 0.15) is 39.5 Å². The lowest BCUT2D eigenvalue weighted by atomic mass is 10.2. The summed E-state index contributed by atoms with van der Waals surface area (Å²) in [5.41, 5.74) is 5.83. The second kappa shape index (κ2) is 10.6. The first-order valence-electron chi connectivity index (χ1n) is 9.15. The number of anilines is 1. The Balaban J connectivity index is 1.65. The maximum atomic E-state index is 12.3. The fourth-order valence-electron chi connectivity index (χ4n) is 2.65. The molecule has 0 saturated carbocycles. The Kier molecular flexibility index (Phi) is 8.43. The number of rotatable bonds is 13. The van der Waals surface area contributed by atoms with E-state index < -0.39 is 7.60 Å². The summed E-state index contributed by atoms with van der Waals surface area (Å²) in [6.07, 6.45) is 5.48. The quantitative estimate of drug-likeness (QED) is 0.386. The van der Waals surface area contributed by atoms with Crippen LogP contribution >= 0.6 is 7.60 Å². The predicted octanol–water partition coefficient (Wildman–Crippen LogP) is 2.50. The minimum Gasteiger partial charge on any atom is -0.369 e. The van der Waals surface area contributed by atoms with Gasteiger partial charge in [0.2, 0.25) is 5.95 Å². The van der Waals surface area contributed by atoms with E-state index in [0.717, 1.165) is 25.7 Å². The summed E-state index contributed by atoms with van der Waals surface area (Å²) in [6.45, 7) is 5.21. The van der Waals surface area contributed by atoms with Crippen molar-refractivity contribution in [2.75, 3.05) is 31.7 Å². The minimum atomic E-state index is -2.93. The summed E-state index contributed by atoms with van der Waals surface area (Å²) in [6, 6.07) is 0. The molecule has 152 valence electrons. The number of unbranched alkanes of at least 4 members (excludes halogenated alkanes) is 3. The Morgan fingerprint density at radius 3 is 2.59 bits per heavy atom. The summed E-state index contributed by atoms with van der Waals surface area (Å²) in [5, 5.41) is 0. The SMILES string of the molecule is CCOP(=O)(CCCCCCOCn1cnc2c(=O)[nH]c(N)nc21)OCC. The van der Waals surface area contributed by atoms with Crippen LogP contribution in [0.4, 0.5) is 5.95 Å². The standard InChI is InChI=1S/C16H28N5O5P/c1-3-25-27(23,26-4-2)10-8-6-5-7-9-24-12-21-11-18-13-14(21)19-16(17)20-15(13)22/h11H,3-10,12H2,1-2H3,(H3,17,19,20,22). The first kappa shape index (κ1) is 21.6. The molecule has 10 nitrogen and oxygen atoms in total. The van der Waals surface area contributed by atoms with E-state index in [1.807, 2.05) is 13.8 Å². The number of hydrogen-bond donors (Lipinski definition) is 2. The Hall–Kier alpha value is -1.74. The lowest BCUT2D eigenvalue weighted by Crippen LogP contribution is -2.12. The van der Waals surface area contributed by atoms with Crippen LogP contribution in [-0.4, -0.2) is 45.5 Å². The maximum Gasteiger partial charge on any atom is 0.330 e. The zero-order valence-corrected chi connectivity index (χ0v) is 16.7. The molecular weight excluding hydrogens is 373 g/mol. The van der Waals surface area contributed by atoms with Gasteiger partial charge < -0.3 is 19.5 Å². The Morgan fingerprint density at radius 2 is 1.89 bits per heavy atom. The summed E-state index contributed by atoms with van der Waals surface area (Å²) in [7, 11) is -2.93. The number of aromatic amines is 1. The highest BCUT2D eigenvalue weighted by molar-refractivity contribution is 7.53. The molecule has 3 N–H and O–H groups in total. The normalized spacial score (nSPS) is 12.1. The first-order valence-corrected chi connectivity index (χ1v) is 10.9. The second-order valence-corrected chi connectivity index (χ2v) is 8.14. The highest BCUT2D eigenvalue weighted by Gasteiger charge is 2.22. The van der Waals surface area contributed by atoms with Crippen molar-refractivity contribution < 1.29 is 18.3 Å². The molecule has 0 fully saturated rings. The van der Waals surface area contributed by atoms with Gasteiger partial charge >= 0.3 is 7.60 Å². The van der Waals surface area contributed by atoms with E-state index in [4.69, 9.17) is 19.5 Å². The van der Waals surface area contributed by atoms with E-state index in [2.05, 4.69) is 15.0 Å². The summed E-state index contributed by atoms with van der Waals surface area (Å²) < 4.78 is 30.1. The molecule has 2 aromatic rings. The largest absolute Gasteiger partial charge is 0.369 e. The fraction of sp³-hybridized carbons (Fsp3) is 0.688. The Labute approximate surface area is 158 Å². The summed E-state index contributed by atoms with van der Waals surface area (Å²) in [4.78, 5) is 22.2. The first-order chi connectivity index (χ1) is 13.0. The third kappa shape index (κ3) is 6.42. The summed E-state index contributed by atoms with van der Waals surface area (Å²) >= 11 is 0. The van der Waals surface area contributed by atoms with Crippen LogP contribution < -0.4 is 11.3 Å². The van der Waals surface area contributed by atoms with E-state index in [-0.39, 0.29) is 23.8 Å². The van der Waals surface area contributed by atoms with E-state index in [1.165, 1.54) is 6.33 Å². The van der Waals surface area contributed by atoms with Crippen molar-refractivity contribution in [1.29, 1.82) is 0 Å². The molecule has 0 bridgehead atoms. The van der Waals surface area contributed by atoms with Gasteiger partial charge in [0.25, 0.3) is 5.56 Å². The van der Waals surface area contributed by atoms with Crippen molar-refractivity contribution in [3.8, 4) is 0 Å². The van der Waals surface area contributed by atoms with E-state index in [1.54, 1.807) is 4.57 Å². The number of ether oxygens (including phenoxy) is 1. The smallest absolute Gasteiger partial charge is 0.330 e. The Morgan fingerprint density at radius 1 is 1.19 bits per heavy atom. The van der Waals surface area contributed by atoms with Crippen LogP contribution in [0.25, 0.3) is 11.2 Å². The van der Waals surface area contributed by atoms with Crippen LogP contribution in [0.5, 0.6) is 0 Å². The molecule has 0 amide bonds. The molecule has 11 heteroatoms. The number of nitrogens with zero attached hydrogens (tertiary/aromatic N) is 3. The van der Waals surface area contributed by atoms with Crippen molar-refractivity contribution in [2.24, 2.45) is 0 Å². The second-order valence-electron chi connectivity index (χ2n) is 5.96. The number of imidazole rings is 1. The fourth-order valence-corrected chi connectivity index (χ4v) is 4.38. The highest BCUT2D eigenvalue weighted by atomic mass is 31.2. The molecule has 0 saturated heterocycles. The van der Waals surface area contributed by atoms with Gasteiger partial charge in [-0.1, -0.05) is 12.8 Å². The molecule has 0 unspecified atom stereocenters. The number of fused-ring (bicyclic) bond motifs is 1. The molecule has 27 heavy (non-hydrogen) atoms. The molecule has 2 aromatic heterocycles. The number of nitrogens with two attached hydrogens (primary N) is 1. The zero-order chi connectivity index (χ0) is 19.7. The average molecular weight is 401 g/mol. The van der Waals surface area contributed by atoms with Gasteiger partial charge in [-0.25, -0.2) is 4.98 Å². The molecule has 0 aliphatic carbocycles. The summed E-state index contributed by atoms with van der Waals surface area (Å²) in [5.74, 6) is 0.0469. The van der Waals surface area contributed by atoms with Crippen molar-refractivity contribution >= 4 is 24.7 Å². The molecule has 0 atom stereocenters. The number of nitrogens with one attached hydrogen (secondary N) is 1. The molecule has 0 radical (unpaired) electrons. The molecule has 0 aromatic carbocycles. The number of H-pyrrole nitrogens is 1. The lowest BCUT2D eigenvalue weighted by molar-refractivity contribution is 0.0760.